The van der Waals surface area contributed by atoms with Crippen LogP contribution in [0.3, 0.4) is 0 Å². The number of phenolic OH excluding ortho intramolecular Hbond substituents is 1. The first kappa shape index (κ1) is 17.2. The average Bonchev–Trinajstić information content (AvgIpc) is 2.45. The quantitative estimate of drug-likeness (QED) is 0.421. The standard InChI is InChI=1S/C14H21N3O3S/c1-9(8-19-3)15-14(21)17-16-10(2)12-7-11(20-4)5-6-13(12)18/h5-7,9,18H,8H2,1-4H3,(H2,15,17,21)/b16-10+/t9-/m0/s1. The Hall–Kier alpha value is -1.86. The van der Waals surface area contributed by atoms with Crippen molar-refractivity contribution >= 4 is 23.0 Å². The van der Waals surface area contributed by atoms with Crippen LogP contribution in [-0.2, 0) is 4.74 Å². The number of benzene rings is 1. The van der Waals surface area contributed by atoms with Crippen molar-refractivity contribution in [3.05, 3.63) is 23.8 Å². The molecule has 0 aromatic heterocycles. The third-order valence-corrected chi connectivity index (χ3v) is 2.92. The molecule has 0 aliphatic rings. The monoisotopic (exact) mass is 311 g/mol. The van der Waals surface area contributed by atoms with Gasteiger partial charge >= 0.3 is 0 Å². The highest BCUT2D eigenvalue weighted by molar-refractivity contribution is 7.80. The van der Waals surface area contributed by atoms with E-state index in [1.165, 1.54) is 0 Å². The lowest BCUT2D eigenvalue weighted by Crippen LogP contribution is -2.40. The summed E-state index contributed by atoms with van der Waals surface area (Å²) in [5.74, 6) is 0.775. The molecule has 0 spiro atoms. The topological polar surface area (TPSA) is 75.1 Å². The van der Waals surface area contributed by atoms with Gasteiger partial charge in [-0.1, -0.05) is 0 Å². The molecule has 21 heavy (non-hydrogen) atoms. The second-order valence-electron chi connectivity index (χ2n) is 4.52. The zero-order valence-corrected chi connectivity index (χ0v) is 13.5. The second-order valence-corrected chi connectivity index (χ2v) is 4.93. The van der Waals surface area contributed by atoms with Gasteiger partial charge in [-0.3, -0.25) is 5.43 Å². The van der Waals surface area contributed by atoms with E-state index in [4.69, 9.17) is 21.7 Å². The molecule has 0 aliphatic heterocycles. The maximum atomic E-state index is 9.85. The predicted molar refractivity (Wildman–Crippen MR) is 87.1 cm³/mol. The van der Waals surface area contributed by atoms with Crippen LogP contribution in [0, 0.1) is 0 Å². The van der Waals surface area contributed by atoms with E-state index >= 15 is 0 Å². The van der Waals surface area contributed by atoms with E-state index in [1.54, 1.807) is 39.3 Å². The zero-order valence-electron chi connectivity index (χ0n) is 12.6. The van der Waals surface area contributed by atoms with Gasteiger partial charge in [-0.2, -0.15) is 5.10 Å². The van der Waals surface area contributed by atoms with Crippen molar-refractivity contribution in [1.82, 2.24) is 10.7 Å². The maximum absolute atomic E-state index is 9.85. The molecule has 0 fully saturated rings. The van der Waals surface area contributed by atoms with Crippen LogP contribution in [0.2, 0.25) is 0 Å². The Balaban J connectivity index is 2.70. The second kappa shape index (κ2) is 8.43. The summed E-state index contributed by atoms with van der Waals surface area (Å²) in [7, 11) is 3.19. The van der Waals surface area contributed by atoms with Gasteiger partial charge in [-0.05, 0) is 44.3 Å². The molecule has 7 heteroatoms. The summed E-state index contributed by atoms with van der Waals surface area (Å²) in [5.41, 5.74) is 3.91. The van der Waals surface area contributed by atoms with Crippen molar-refractivity contribution in [1.29, 1.82) is 0 Å². The van der Waals surface area contributed by atoms with Gasteiger partial charge in [-0.15, -0.1) is 0 Å². The summed E-state index contributed by atoms with van der Waals surface area (Å²) in [6.07, 6.45) is 0. The molecular formula is C14H21N3O3S. The molecule has 0 heterocycles. The van der Waals surface area contributed by atoms with Gasteiger partial charge in [0.25, 0.3) is 0 Å². The van der Waals surface area contributed by atoms with Gasteiger partial charge < -0.3 is 19.9 Å². The summed E-state index contributed by atoms with van der Waals surface area (Å²) in [5, 5.41) is 17.4. The van der Waals surface area contributed by atoms with Crippen molar-refractivity contribution in [3.63, 3.8) is 0 Å². The van der Waals surface area contributed by atoms with Crippen molar-refractivity contribution < 1.29 is 14.6 Å². The fraction of sp³-hybridized carbons (Fsp3) is 0.429. The molecule has 6 nitrogen and oxygen atoms in total. The first-order valence-corrected chi connectivity index (χ1v) is 6.85. The summed E-state index contributed by atoms with van der Waals surface area (Å²) < 4.78 is 10.1. The van der Waals surface area contributed by atoms with Crippen molar-refractivity contribution in [2.45, 2.75) is 19.9 Å². The summed E-state index contributed by atoms with van der Waals surface area (Å²) >= 11 is 5.12. The van der Waals surface area contributed by atoms with Crippen LogP contribution in [0.4, 0.5) is 0 Å². The Morgan fingerprint density at radius 3 is 2.76 bits per heavy atom. The van der Waals surface area contributed by atoms with Crippen molar-refractivity contribution in [3.8, 4) is 11.5 Å². The lowest BCUT2D eigenvalue weighted by molar-refractivity contribution is 0.179. The SMILES string of the molecule is COC[C@H](C)NC(=S)N/N=C(\C)c1cc(OC)ccc1O. The normalized spacial score (nSPS) is 12.7. The van der Waals surface area contributed by atoms with Gasteiger partial charge in [0.1, 0.15) is 11.5 Å². The maximum Gasteiger partial charge on any atom is 0.187 e. The average molecular weight is 311 g/mol. The Kier molecular flexibility index (Phi) is 6.90. The van der Waals surface area contributed by atoms with Crippen LogP contribution < -0.4 is 15.5 Å². The molecule has 1 atom stereocenters. The Bertz CT molecular complexity index is 520. The highest BCUT2D eigenvalue weighted by Crippen LogP contribution is 2.23. The molecule has 0 amide bonds. The molecule has 1 aromatic rings. The van der Waals surface area contributed by atoms with Crippen LogP contribution in [0.15, 0.2) is 23.3 Å². The number of nitrogens with zero attached hydrogens (tertiary/aromatic N) is 1. The molecule has 1 rings (SSSR count). The predicted octanol–water partition coefficient (Wildman–Crippen LogP) is 1.62. The molecule has 0 radical (unpaired) electrons. The lowest BCUT2D eigenvalue weighted by atomic mass is 10.1. The molecule has 0 aliphatic carbocycles. The van der Waals surface area contributed by atoms with Crippen LogP contribution >= 0.6 is 12.2 Å². The first-order chi connectivity index (χ1) is 9.97. The van der Waals surface area contributed by atoms with Crippen LogP contribution in [0.5, 0.6) is 11.5 Å². The molecule has 1 aromatic carbocycles. The van der Waals surface area contributed by atoms with E-state index in [2.05, 4.69) is 15.8 Å². The van der Waals surface area contributed by atoms with E-state index in [9.17, 15) is 5.11 Å². The van der Waals surface area contributed by atoms with E-state index in [1.807, 2.05) is 6.92 Å². The fourth-order valence-electron chi connectivity index (χ4n) is 1.67. The first-order valence-electron chi connectivity index (χ1n) is 6.45. The number of rotatable bonds is 6. The third kappa shape index (κ3) is 5.57. The van der Waals surface area contributed by atoms with Crippen LogP contribution in [-0.4, -0.2) is 42.8 Å². The number of hydrazone groups is 1. The number of ether oxygens (including phenoxy) is 2. The molecule has 116 valence electrons. The number of hydrogen-bond donors (Lipinski definition) is 3. The Morgan fingerprint density at radius 2 is 2.14 bits per heavy atom. The molecular weight excluding hydrogens is 290 g/mol. The summed E-state index contributed by atoms with van der Waals surface area (Å²) in [6.45, 7) is 4.26. The largest absolute Gasteiger partial charge is 0.507 e. The molecule has 3 N–H and O–H groups in total. The number of phenols is 1. The van der Waals surface area contributed by atoms with Gasteiger partial charge in [0.05, 0.1) is 19.4 Å². The highest BCUT2D eigenvalue weighted by Gasteiger charge is 2.07. The van der Waals surface area contributed by atoms with E-state index in [0.717, 1.165) is 0 Å². The van der Waals surface area contributed by atoms with Gasteiger partial charge in [0, 0.05) is 18.7 Å². The summed E-state index contributed by atoms with van der Waals surface area (Å²) in [4.78, 5) is 0. The van der Waals surface area contributed by atoms with Gasteiger partial charge in [0.15, 0.2) is 5.11 Å². The number of hydrogen-bond acceptors (Lipinski definition) is 5. The number of methoxy groups -OCH3 is 2. The van der Waals surface area contributed by atoms with E-state index in [-0.39, 0.29) is 11.8 Å². The molecule has 0 saturated heterocycles. The van der Waals surface area contributed by atoms with Crippen LogP contribution in [0.25, 0.3) is 0 Å². The Labute approximate surface area is 130 Å². The minimum Gasteiger partial charge on any atom is -0.507 e. The Morgan fingerprint density at radius 1 is 1.43 bits per heavy atom. The minimum atomic E-state index is 0.0794. The van der Waals surface area contributed by atoms with Crippen molar-refractivity contribution in [2.75, 3.05) is 20.8 Å². The molecule has 0 saturated carbocycles. The van der Waals surface area contributed by atoms with Crippen LogP contribution in [0.1, 0.15) is 19.4 Å². The number of nitrogens with one attached hydrogen (secondary N) is 2. The highest BCUT2D eigenvalue weighted by atomic mass is 32.1. The molecule has 0 unspecified atom stereocenters. The smallest absolute Gasteiger partial charge is 0.187 e. The zero-order chi connectivity index (χ0) is 15.8. The van der Waals surface area contributed by atoms with E-state index in [0.29, 0.717) is 28.7 Å². The summed E-state index contributed by atoms with van der Waals surface area (Å²) in [6, 6.07) is 5.03. The fourth-order valence-corrected chi connectivity index (χ4v) is 1.92. The lowest BCUT2D eigenvalue weighted by Gasteiger charge is -2.14. The van der Waals surface area contributed by atoms with Gasteiger partial charge in [-0.25, -0.2) is 0 Å². The van der Waals surface area contributed by atoms with Crippen molar-refractivity contribution in [2.24, 2.45) is 5.10 Å². The third-order valence-electron chi connectivity index (χ3n) is 2.71. The van der Waals surface area contributed by atoms with E-state index < -0.39 is 0 Å². The number of thiocarbonyl (C=S) groups is 1. The van der Waals surface area contributed by atoms with Gasteiger partial charge in [0.2, 0.25) is 0 Å². The number of aromatic hydroxyl groups is 1. The minimum absolute atomic E-state index is 0.0794. The molecule has 0 bridgehead atoms.